The van der Waals surface area contributed by atoms with Crippen LogP contribution in [0.15, 0.2) is 12.4 Å². The zero-order valence-corrected chi connectivity index (χ0v) is 8.96. The molecule has 4 nitrogen and oxygen atoms in total. The first-order valence-electron chi connectivity index (χ1n) is 4.27. The monoisotopic (exact) mass is 226 g/mol. The van der Waals surface area contributed by atoms with Gasteiger partial charge in [-0.1, -0.05) is 11.6 Å². The molecule has 2 aromatic heterocycles. The number of nitrogens with zero attached hydrogens (tertiary/aromatic N) is 4. The van der Waals surface area contributed by atoms with Crippen LogP contribution < -0.4 is 0 Å². The average molecular weight is 227 g/mol. The van der Waals surface area contributed by atoms with Gasteiger partial charge in [-0.25, -0.2) is 19.3 Å². The molecule has 0 aliphatic carbocycles. The highest BCUT2D eigenvalue weighted by atomic mass is 35.5. The van der Waals surface area contributed by atoms with Crippen LogP contribution in [0.4, 0.5) is 4.39 Å². The summed E-state index contributed by atoms with van der Waals surface area (Å²) in [6.45, 7) is 1.54. The van der Waals surface area contributed by atoms with E-state index < -0.39 is 5.82 Å². The van der Waals surface area contributed by atoms with Gasteiger partial charge in [0.25, 0.3) is 0 Å². The lowest BCUT2D eigenvalue weighted by molar-refractivity contribution is 0.602. The van der Waals surface area contributed by atoms with Gasteiger partial charge in [0.15, 0.2) is 22.6 Å². The normalized spacial score (nSPS) is 10.7. The van der Waals surface area contributed by atoms with E-state index in [-0.39, 0.29) is 10.8 Å². The highest BCUT2D eigenvalue weighted by molar-refractivity contribution is 6.29. The van der Waals surface area contributed by atoms with Gasteiger partial charge in [0, 0.05) is 19.4 Å². The zero-order chi connectivity index (χ0) is 11.0. The van der Waals surface area contributed by atoms with Crippen molar-refractivity contribution in [2.24, 2.45) is 7.05 Å². The van der Waals surface area contributed by atoms with Gasteiger partial charge in [-0.05, 0) is 6.92 Å². The minimum Gasteiger partial charge on any atom is -0.331 e. The van der Waals surface area contributed by atoms with Crippen LogP contribution in [0.25, 0.3) is 11.6 Å². The Labute approximate surface area is 90.8 Å². The number of hydrogen-bond donors (Lipinski definition) is 0. The van der Waals surface area contributed by atoms with Crippen LogP contribution in [0.2, 0.25) is 5.15 Å². The maximum Gasteiger partial charge on any atom is 0.197 e. The summed E-state index contributed by atoms with van der Waals surface area (Å²) in [5, 5.41) is -0.180. The molecule has 0 radical (unpaired) electrons. The number of rotatable bonds is 1. The fourth-order valence-electron chi connectivity index (χ4n) is 1.21. The molecule has 0 aliphatic heterocycles. The fraction of sp³-hybridized carbons (Fsp3) is 0.222. The molecule has 78 valence electrons. The van der Waals surface area contributed by atoms with Crippen molar-refractivity contribution in [2.75, 3.05) is 0 Å². The van der Waals surface area contributed by atoms with Gasteiger partial charge in [0.1, 0.15) is 0 Å². The Kier molecular flexibility index (Phi) is 2.40. The van der Waals surface area contributed by atoms with Crippen molar-refractivity contribution in [1.82, 2.24) is 19.5 Å². The Balaban J connectivity index is 2.60. The molecule has 0 N–H and O–H groups in total. The summed E-state index contributed by atoms with van der Waals surface area (Å²) in [4.78, 5) is 11.9. The lowest BCUT2D eigenvalue weighted by Gasteiger charge is -2.03. The van der Waals surface area contributed by atoms with E-state index in [0.29, 0.717) is 11.6 Å². The minimum absolute atomic E-state index is 0.180. The Morgan fingerprint density at radius 1 is 1.40 bits per heavy atom. The van der Waals surface area contributed by atoms with Crippen LogP contribution in [0, 0.1) is 12.7 Å². The molecule has 0 saturated carbocycles. The molecule has 0 unspecified atom stereocenters. The molecule has 2 heterocycles. The van der Waals surface area contributed by atoms with Gasteiger partial charge in [-0.2, -0.15) is 0 Å². The SMILES string of the molecule is Cc1nc(-c2nccn2C)nc(Cl)c1F. The summed E-state index contributed by atoms with van der Waals surface area (Å²) < 4.78 is 14.9. The summed E-state index contributed by atoms with van der Waals surface area (Å²) in [6.07, 6.45) is 3.37. The van der Waals surface area contributed by atoms with Crippen LogP contribution in [-0.2, 0) is 7.05 Å². The van der Waals surface area contributed by atoms with Gasteiger partial charge < -0.3 is 4.57 Å². The third-order valence-corrected chi connectivity index (χ3v) is 2.25. The summed E-state index contributed by atoms with van der Waals surface area (Å²) in [5.41, 5.74) is 0.216. The third-order valence-electron chi connectivity index (χ3n) is 2.00. The predicted octanol–water partition coefficient (Wildman–Crippen LogP) is 1.98. The molecule has 0 aromatic carbocycles. The first-order valence-corrected chi connectivity index (χ1v) is 4.64. The van der Waals surface area contributed by atoms with Crippen LogP contribution in [0.3, 0.4) is 0 Å². The van der Waals surface area contributed by atoms with Gasteiger partial charge >= 0.3 is 0 Å². The lowest BCUT2D eigenvalue weighted by atomic mass is 10.4. The standard InChI is InChI=1S/C9H8ClFN4/c1-5-6(11)7(10)14-8(13-5)9-12-3-4-15(9)2/h3-4H,1-2H3. The first kappa shape index (κ1) is 10.0. The second-order valence-electron chi connectivity index (χ2n) is 3.10. The van der Waals surface area contributed by atoms with E-state index in [0.717, 1.165) is 0 Å². The van der Waals surface area contributed by atoms with Crippen molar-refractivity contribution in [3.63, 3.8) is 0 Å². The molecule has 0 bridgehead atoms. The molecule has 0 amide bonds. The minimum atomic E-state index is -0.588. The maximum atomic E-state index is 13.2. The molecule has 0 fully saturated rings. The van der Waals surface area contributed by atoms with E-state index in [9.17, 15) is 4.39 Å². The molecule has 0 atom stereocenters. The van der Waals surface area contributed by atoms with Crippen molar-refractivity contribution in [1.29, 1.82) is 0 Å². The van der Waals surface area contributed by atoms with Gasteiger partial charge in [0.2, 0.25) is 0 Å². The van der Waals surface area contributed by atoms with E-state index in [4.69, 9.17) is 11.6 Å². The van der Waals surface area contributed by atoms with Gasteiger partial charge in [0.05, 0.1) is 5.69 Å². The lowest BCUT2D eigenvalue weighted by Crippen LogP contribution is -2.01. The highest BCUT2D eigenvalue weighted by Gasteiger charge is 2.13. The van der Waals surface area contributed by atoms with E-state index in [1.54, 1.807) is 24.0 Å². The van der Waals surface area contributed by atoms with Crippen molar-refractivity contribution in [3.05, 3.63) is 29.1 Å². The zero-order valence-electron chi connectivity index (χ0n) is 8.20. The second-order valence-corrected chi connectivity index (χ2v) is 3.46. The molecular weight excluding hydrogens is 219 g/mol. The number of halogens is 2. The molecule has 0 aliphatic rings. The van der Waals surface area contributed by atoms with Crippen molar-refractivity contribution < 1.29 is 4.39 Å². The van der Waals surface area contributed by atoms with Crippen LogP contribution in [0.1, 0.15) is 5.69 Å². The Hall–Kier alpha value is -1.49. The summed E-state index contributed by atoms with van der Waals surface area (Å²) in [7, 11) is 1.80. The number of aryl methyl sites for hydroxylation is 2. The molecule has 0 saturated heterocycles. The first-order chi connectivity index (χ1) is 7.09. The molecule has 2 aromatic rings. The van der Waals surface area contributed by atoms with E-state index in [2.05, 4.69) is 15.0 Å². The fourth-order valence-corrected chi connectivity index (χ4v) is 1.42. The molecule has 6 heteroatoms. The summed E-state index contributed by atoms with van der Waals surface area (Å²) >= 11 is 5.63. The van der Waals surface area contributed by atoms with Crippen LogP contribution in [0.5, 0.6) is 0 Å². The van der Waals surface area contributed by atoms with Crippen molar-refractivity contribution in [2.45, 2.75) is 6.92 Å². The van der Waals surface area contributed by atoms with Crippen LogP contribution >= 0.6 is 11.6 Å². The third kappa shape index (κ3) is 1.70. The summed E-state index contributed by atoms with van der Waals surface area (Å²) in [5.74, 6) is 0.293. The molecule has 0 spiro atoms. The van der Waals surface area contributed by atoms with Crippen molar-refractivity contribution >= 4 is 11.6 Å². The highest BCUT2D eigenvalue weighted by Crippen LogP contribution is 2.19. The Bertz CT molecular complexity index is 486. The number of imidazole rings is 1. The van der Waals surface area contributed by atoms with Gasteiger partial charge in [-0.3, -0.25) is 0 Å². The predicted molar refractivity (Wildman–Crippen MR) is 53.9 cm³/mol. The van der Waals surface area contributed by atoms with E-state index in [1.165, 1.54) is 6.92 Å². The quantitative estimate of drug-likeness (QED) is 0.699. The Morgan fingerprint density at radius 2 is 2.13 bits per heavy atom. The maximum absolute atomic E-state index is 13.2. The van der Waals surface area contributed by atoms with Crippen molar-refractivity contribution in [3.8, 4) is 11.6 Å². The molecule has 15 heavy (non-hydrogen) atoms. The smallest absolute Gasteiger partial charge is 0.197 e. The molecular formula is C9H8ClFN4. The van der Waals surface area contributed by atoms with Gasteiger partial charge in [-0.15, -0.1) is 0 Å². The number of aromatic nitrogens is 4. The number of hydrogen-bond acceptors (Lipinski definition) is 3. The average Bonchev–Trinajstić information content (AvgIpc) is 2.60. The summed E-state index contributed by atoms with van der Waals surface area (Å²) in [6, 6.07) is 0. The topological polar surface area (TPSA) is 43.6 Å². The van der Waals surface area contributed by atoms with E-state index in [1.807, 2.05) is 0 Å². The van der Waals surface area contributed by atoms with E-state index >= 15 is 0 Å². The largest absolute Gasteiger partial charge is 0.331 e. The second kappa shape index (κ2) is 3.58. The Morgan fingerprint density at radius 3 is 2.67 bits per heavy atom. The molecule has 2 rings (SSSR count). The van der Waals surface area contributed by atoms with Crippen LogP contribution in [-0.4, -0.2) is 19.5 Å².